The molecule has 124 valence electrons. The number of tetrazole rings is 1. The van der Waals surface area contributed by atoms with Crippen molar-refractivity contribution in [3.8, 4) is 5.69 Å². The van der Waals surface area contributed by atoms with Crippen molar-refractivity contribution in [3.05, 3.63) is 39.8 Å². The number of hydrogen-bond acceptors (Lipinski definition) is 6. The molecule has 0 unspecified atom stereocenters. The quantitative estimate of drug-likeness (QED) is 0.471. The van der Waals surface area contributed by atoms with Gasteiger partial charge in [-0.1, -0.05) is 17.3 Å². The summed E-state index contributed by atoms with van der Waals surface area (Å²) in [7, 11) is 2.81. The van der Waals surface area contributed by atoms with E-state index in [0.29, 0.717) is 0 Å². The third-order valence-electron chi connectivity index (χ3n) is 3.07. The average Bonchev–Trinajstić information content (AvgIpc) is 2.86. The molecule has 0 fully saturated rings. The van der Waals surface area contributed by atoms with Gasteiger partial charge in [-0.3, -0.25) is 0 Å². The van der Waals surface area contributed by atoms with E-state index in [9.17, 15) is 13.6 Å². The third kappa shape index (κ3) is 3.52. The number of benzene rings is 1. The highest BCUT2D eigenvalue weighted by Gasteiger charge is 2.20. The highest BCUT2D eigenvalue weighted by Crippen LogP contribution is 2.27. The summed E-state index contributed by atoms with van der Waals surface area (Å²) in [5.41, 5.74) is -0.580. The predicted molar refractivity (Wildman–Crippen MR) is 76.5 cm³/mol. The van der Waals surface area contributed by atoms with Crippen molar-refractivity contribution < 1.29 is 18.4 Å². The number of rotatable bonds is 5. The highest BCUT2D eigenvalue weighted by molar-refractivity contribution is 5.72. The number of halogens is 2. The Bertz CT molecular complexity index is 769. The molecule has 1 aromatic carbocycles. The van der Waals surface area contributed by atoms with Crippen LogP contribution in [0.25, 0.3) is 5.69 Å². The van der Waals surface area contributed by atoms with Gasteiger partial charge in [0.25, 0.3) is 6.43 Å². The molecule has 0 aliphatic heterocycles. The number of aromatic nitrogens is 4. The Labute approximate surface area is 129 Å². The summed E-state index contributed by atoms with van der Waals surface area (Å²) in [4.78, 5) is 17.0. The molecule has 2 rings (SSSR count). The first kappa shape index (κ1) is 16.6. The van der Waals surface area contributed by atoms with E-state index in [4.69, 9.17) is 9.57 Å². The lowest BCUT2D eigenvalue weighted by Crippen LogP contribution is -2.23. The molecule has 2 aromatic rings. The van der Waals surface area contributed by atoms with Crippen LogP contribution < -0.4 is 5.69 Å². The standard InChI is InChI=1S/C13H15F2N5O3/c1-8(22-3)16-23-7-10-9(12(14)15)5-4-6-11(10)20-13(21)19(2)17-18-20/h4-6,12H,7H2,1-3H3. The van der Waals surface area contributed by atoms with E-state index in [1.165, 1.54) is 32.4 Å². The molecule has 0 saturated heterocycles. The SMILES string of the molecule is COC(C)=NOCc1c(C(F)F)cccc1-n1nnn(C)c1=O. The smallest absolute Gasteiger partial charge is 0.368 e. The van der Waals surface area contributed by atoms with Gasteiger partial charge in [0.05, 0.1) is 12.8 Å². The van der Waals surface area contributed by atoms with Crippen molar-refractivity contribution in [2.75, 3.05) is 7.11 Å². The van der Waals surface area contributed by atoms with Crippen LogP contribution in [0.15, 0.2) is 28.1 Å². The van der Waals surface area contributed by atoms with Crippen molar-refractivity contribution in [1.82, 2.24) is 19.8 Å². The third-order valence-corrected chi connectivity index (χ3v) is 3.07. The minimum Gasteiger partial charge on any atom is -0.482 e. The van der Waals surface area contributed by atoms with Crippen LogP contribution in [0.1, 0.15) is 24.5 Å². The fourth-order valence-electron chi connectivity index (χ4n) is 1.84. The lowest BCUT2D eigenvalue weighted by molar-refractivity contribution is 0.112. The molecule has 1 aromatic heterocycles. The fourth-order valence-corrected chi connectivity index (χ4v) is 1.84. The second-order valence-corrected chi connectivity index (χ2v) is 4.53. The van der Waals surface area contributed by atoms with Gasteiger partial charge >= 0.3 is 5.69 Å². The molecular formula is C13H15F2N5O3. The second kappa shape index (κ2) is 6.99. The van der Waals surface area contributed by atoms with Crippen LogP contribution in [0.3, 0.4) is 0 Å². The van der Waals surface area contributed by atoms with Gasteiger partial charge in [-0.2, -0.15) is 9.36 Å². The summed E-state index contributed by atoms with van der Waals surface area (Å²) in [5, 5.41) is 10.9. The van der Waals surface area contributed by atoms with Gasteiger partial charge in [0.15, 0.2) is 0 Å². The van der Waals surface area contributed by atoms with Gasteiger partial charge < -0.3 is 9.57 Å². The number of aryl methyl sites for hydroxylation is 1. The van der Waals surface area contributed by atoms with Crippen LogP contribution >= 0.6 is 0 Å². The molecular weight excluding hydrogens is 312 g/mol. The largest absolute Gasteiger partial charge is 0.482 e. The van der Waals surface area contributed by atoms with Crippen LogP contribution in [0.4, 0.5) is 8.78 Å². The summed E-state index contributed by atoms with van der Waals surface area (Å²) in [5.74, 6) is 0.234. The van der Waals surface area contributed by atoms with E-state index < -0.39 is 12.1 Å². The van der Waals surface area contributed by atoms with Gasteiger partial charge in [0.2, 0.25) is 5.90 Å². The van der Waals surface area contributed by atoms with Crippen molar-refractivity contribution >= 4 is 5.90 Å². The molecule has 10 heteroatoms. The van der Waals surface area contributed by atoms with Gasteiger partial charge in [-0.15, -0.1) is 0 Å². The predicted octanol–water partition coefficient (Wildman–Crippen LogP) is 1.40. The molecule has 0 atom stereocenters. The number of oxime groups is 1. The lowest BCUT2D eigenvalue weighted by atomic mass is 10.1. The highest BCUT2D eigenvalue weighted by atomic mass is 19.3. The fraction of sp³-hybridized carbons (Fsp3) is 0.385. The Morgan fingerprint density at radius 3 is 2.70 bits per heavy atom. The van der Waals surface area contributed by atoms with Crippen LogP contribution in [-0.4, -0.2) is 32.8 Å². The molecule has 0 saturated carbocycles. The summed E-state index contributed by atoms with van der Waals surface area (Å²) in [6.07, 6.45) is -2.74. The topological polar surface area (TPSA) is 83.5 Å². The first-order chi connectivity index (χ1) is 11.0. The normalized spacial score (nSPS) is 11.8. The number of nitrogens with zero attached hydrogens (tertiary/aromatic N) is 5. The molecule has 0 bridgehead atoms. The van der Waals surface area contributed by atoms with E-state index in [1.54, 1.807) is 6.92 Å². The van der Waals surface area contributed by atoms with E-state index in [-0.39, 0.29) is 29.3 Å². The summed E-state index contributed by atoms with van der Waals surface area (Å²) in [6, 6.07) is 4.14. The van der Waals surface area contributed by atoms with Crippen molar-refractivity contribution in [1.29, 1.82) is 0 Å². The average molecular weight is 327 g/mol. The van der Waals surface area contributed by atoms with Crippen molar-refractivity contribution in [2.45, 2.75) is 20.0 Å². The number of alkyl halides is 2. The van der Waals surface area contributed by atoms with E-state index in [0.717, 1.165) is 9.36 Å². The lowest BCUT2D eigenvalue weighted by Gasteiger charge is -2.12. The maximum absolute atomic E-state index is 13.2. The number of methoxy groups -OCH3 is 1. The van der Waals surface area contributed by atoms with E-state index in [1.807, 2.05) is 0 Å². The van der Waals surface area contributed by atoms with Crippen molar-refractivity contribution in [3.63, 3.8) is 0 Å². The maximum Gasteiger partial charge on any atom is 0.368 e. The molecule has 23 heavy (non-hydrogen) atoms. The Balaban J connectivity index is 2.48. The minimum absolute atomic E-state index is 0.0951. The Morgan fingerprint density at radius 1 is 1.39 bits per heavy atom. The summed E-state index contributed by atoms with van der Waals surface area (Å²) in [6.45, 7) is 1.27. The van der Waals surface area contributed by atoms with E-state index in [2.05, 4.69) is 15.6 Å². The monoisotopic (exact) mass is 327 g/mol. The first-order valence-corrected chi connectivity index (χ1v) is 6.55. The first-order valence-electron chi connectivity index (χ1n) is 6.55. The molecule has 1 heterocycles. The van der Waals surface area contributed by atoms with E-state index >= 15 is 0 Å². The molecule has 8 nitrogen and oxygen atoms in total. The summed E-state index contributed by atoms with van der Waals surface area (Å²) >= 11 is 0. The number of hydrogen-bond donors (Lipinski definition) is 0. The van der Waals surface area contributed by atoms with Gasteiger partial charge in [0, 0.05) is 25.1 Å². The molecule has 0 aliphatic carbocycles. The zero-order valence-corrected chi connectivity index (χ0v) is 12.7. The Morgan fingerprint density at radius 2 is 2.13 bits per heavy atom. The minimum atomic E-state index is -2.74. The number of ether oxygens (including phenoxy) is 1. The second-order valence-electron chi connectivity index (χ2n) is 4.53. The van der Waals surface area contributed by atoms with Crippen LogP contribution in [-0.2, 0) is 23.2 Å². The van der Waals surface area contributed by atoms with Crippen LogP contribution in [0.5, 0.6) is 0 Å². The van der Waals surface area contributed by atoms with Gasteiger partial charge in [0.1, 0.15) is 6.61 Å². The molecule has 0 spiro atoms. The maximum atomic E-state index is 13.2. The van der Waals surface area contributed by atoms with Gasteiger partial charge in [-0.25, -0.2) is 13.6 Å². The zero-order valence-electron chi connectivity index (χ0n) is 12.7. The zero-order chi connectivity index (χ0) is 17.0. The van der Waals surface area contributed by atoms with Crippen LogP contribution in [0, 0.1) is 0 Å². The van der Waals surface area contributed by atoms with Crippen LogP contribution in [0.2, 0.25) is 0 Å². The van der Waals surface area contributed by atoms with Gasteiger partial charge in [-0.05, 0) is 16.5 Å². The molecule has 0 amide bonds. The molecule has 0 aliphatic rings. The Hall–Kier alpha value is -2.78. The summed E-state index contributed by atoms with van der Waals surface area (Å²) < 4.78 is 33.2. The molecule has 0 radical (unpaired) electrons. The Kier molecular flexibility index (Phi) is 5.04. The van der Waals surface area contributed by atoms with Crippen molar-refractivity contribution in [2.24, 2.45) is 12.2 Å². The molecule has 0 N–H and O–H groups in total.